The van der Waals surface area contributed by atoms with Gasteiger partial charge in [-0.1, -0.05) is 13.8 Å². The van der Waals surface area contributed by atoms with Gasteiger partial charge in [0.25, 0.3) is 0 Å². The number of methoxy groups -OCH3 is 1. The Balaban J connectivity index is 0.00000264. The van der Waals surface area contributed by atoms with Gasteiger partial charge in [-0.15, -0.1) is 12.4 Å². The Labute approximate surface area is 145 Å². The van der Waals surface area contributed by atoms with E-state index in [1.165, 1.54) is 0 Å². The van der Waals surface area contributed by atoms with Crippen LogP contribution < -0.4 is 14.8 Å². The molecule has 0 aliphatic carbocycles. The van der Waals surface area contributed by atoms with E-state index in [4.69, 9.17) is 4.74 Å². The van der Waals surface area contributed by atoms with Gasteiger partial charge in [0.2, 0.25) is 10.0 Å². The van der Waals surface area contributed by atoms with Crippen LogP contribution in [0.15, 0.2) is 17.0 Å². The van der Waals surface area contributed by atoms with Crippen LogP contribution in [0, 0.1) is 6.92 Å². The summed E-state index contributed by atoms with van der Waals surface area (Å²) in [7, 11) is -1.91. The van der Waals surface area contributed by atoms with Gasteiger partial charge in [0.05, 0.1) is 12.0 Å². The van der Waals surface area contributed by atoms with Gasteiger partial charge >= 0.3 is 0 Å². The number of rotatable bonds is 5. The molecule has 1 aromatic carbocycles. The third-order valence-corrected chi connectivity index (χ3v) is 5.72. The highest BCUT2D eigenvalue weighted by molar-refractivity contribution is 7.89. The molecule has 1 saturated heterocycles. The molecule has 0 amide bonds. The first kappa shape index (κ1) is 20.2. The summed E-state index contributed by atoms with van der Waals surface area (Å²) in [6.45, 7) is 7.51. The zero-order valence-electron chi connectivity index (χ0n) is 14.2. The van der Waals surface area contributed by atoms with Gasteiger partial charge in [-0.3, -0.25) is 0 Å². The van der Waals surface area contributed by atoms with Crippen molar-refractivity contribution in [2.45, 2.75) is 50.5 Å². The van der Waals surface area contributed by atoms with E-state index < -0.39 is 10.0 Å². The van der Waals surface area contributed by atoms with Gasteiger partial charge in [0.1, 0.15) is 5.75 Å². The van der Waals surface area contributed by atoms with Crippen LogP contribution in [-0.2, 0) is 10.0 Å². The maximum absolute atomic E-state index is 12.7. The van der Waals surface area contributed by atoms with Gasteiger partial charge in [-0.25, -0.2) is 13.1 Å². The van der Waals surface area contributed by atoms with Crippen LogP contribution in [0.5, 0.6) is 5.75 Å². The molecule has 132 valence electrons. The molecule has 23 heavy (non-hydrogen) atoms. The zero-order valence-corrected chi connectivity index (χ0v) is 15.8. The highest BCUT2D eigenvalue weighted by atomic mass is 35.5. The number of benzene rings is 1. The molecule has 0 radical (unpaired) electrons. The van der Waals surface area contributed by atoms with E-state index in [1.807, 2.05) is 19.9 Å². The van der Waals surface area contributed by atoms with Crippen LogP contribution in [0.25, 0.3) is 0 Å². The standard InChI is InChI=1S/C16H26N2O3S.ClH/c1-11(2)14-9-16(12(3)8-15(14)21-4)22(19,20)18-13-6-5-7-17-10-13;/h8-9,11,13,17-18H,5-7,10H2,1-4H3;1H. The highest BCUT2D eigenvalue weighted by Gasteiger charge is 2.25. The Kier molecular flexibility index (Phi) is 7.32. The molecule has 1 heterocycles. The van der Waals surface area contributed by atoms with Crippen LogP contribution >= 0.6 is 12.4 Å². The van der Waals surface area contributed by atoms with Crippen molar-refractivity contribution in [3.05, 3.63) is 23.3 Å². The third-order valence-electron chi connectivity index (χ3n) is 4.06. The highest BCUT2D eigenvalue weighted by Crippen LogP contribution is 2.31. The van der Waals surface area contributed by atoms with Crippen LogP contribution in [0.2, 0.25) is 0 Å². The summed E-state index contributed by atoms with van der Waals surface area (Å²) in [6.07, 6.45) is 1.87. The van der Waals surface area contributed by atoms with Gasteiger partial charge in [0, 0.05) is 12.6 Å². The van der Waals surface area contributed by atoms with Crippen molar-refractivity contribution in [3.8, 4) is 5.75 Å². The van der Waals surface area contributed by atoms with Crippen LogP contribution in [-0.4, -0.2) is 34.7 Å². The molecule has 1 aromatic rings. The Bertz CT molecular complexity index is 626. The Morgan fingerprint density at radius 2 is 2.04 bits per heavy atom. The van der Waals surface area contributed by atoms with Gasteiger partial charge < -0.3 is 10.1 Å². The summed E-state index contributed by atoms with van der Waals surface area (Å²) in [5.74, 6) is 0.937. The monoisotopic (exact) mass is 362 g/mol. The summed E-state index contributed by atoms with van der Waals surface area (Å²) < 4.78 is 33.6. The predicted octanol–water partition coefficient (Wildman–Crippen LogP) is 2.58. The number of ether oxygens (including phenoxy) is 1. The summed E-state index contributed by atoms with van der Waals surface area (Å²) in [5.41, 5.74) is 1.62. The molecule has 5 nitrogen and oxygen atoms in total. The van der Waals surface area contributed by atoms with E-state index in [-0.39, 0.29) is 24.4 Å². The van der Waals surface area contributed by atoms with Crippen molar-refractivity contribution in [2.75, 3.05) is 20.2 Å². The van der Waals surface area contributed by atoms with Gasteiger partial charge in [-0.05, 0) is 55.5 Å². The molecule has 0 spiro atoms. The normalized spacial score (nSPS) is 18.6. The third kappa shape index (κ3) is 4.83. The first-order chi connectivity index (χ1) is 10.3. The molecule has 0 bridgehead atoms. The lowest BCUT2D eigenvalue weighted by Gasteiger charge is -2.24. The molecular formula is C16H27ClN2O3S. The second-order valence-electron chi connectivity index (χ2n) is 6.18. The Hall–Kier alpha value is -0.820. The second kappa shape index (κ2) is 8.33. The molecule has 1 aliphatic heterocycles. The lowest BCUT2D eigenvalue weighted by molar-refractivity contribution is 0.406. The Morgan fingerprint density at radius 3 is 2.57 bits per heavy atom. The summed E-state index contributed by atoms with van der Waals surface area (Å²) in [5, 5.41) is 3.22. The molecule has 2 rings (SSSR count). The minimum Gasteiger partial charge on any atom is -0.496 e. The topological polar surface area (TPSA) is 67.4 Å². The fourth-order valence-corrected chi connectivity index (χ4v) is 4.36. The number of hydrogen-bond donors (Lipinski definition) is 2. The van der Waals surface area contributed by atoms with Crippen molar-refractivity contribution in [3.63, 3.8) is 0 Å². The first-order valence-electron chi connectivity index (χ1n) is 7.76. The Morgan fingerprint density at radius 1 is 1.35 bits per heavy atom. The predicted molar refractivity (Wildman–Crippen MR) is 95.3 cm³/mol. The van der Waals surface area contributed by atoms with Crippen molar-refractivity contribution in [1.29, 1.82) is 0 Å². The van der Waals surface area contributed by atoms with Gasteiger partial charge in [0.15, 0.2) is 0 Å². The molecule has 2 N–H and O–H groups in total. The average Bonchev–Trinajstić information content (AvgIpc) is 2.46. The fourth-order valence-electron chi connectivity index (χ4n) is 2.83. The van der Waals surface area contributed by atoms with E-state index >= 15 is 0 Å². The maximum Gasteiger partial charge on any atom is 0.241 e. The largest absolute Gasteiger partial charge is 0.496 e. The fraction of sp³-hybridized carbons (Fsp3) is 0.625. The number of piperidine rings is 1. The van der Waals surface area contributed by atoms with E-state index in [9.17, 15) is 8.42 Å². The molecule has 1 aliphatic rings. The molecule has 1 fully saturated rings. The van der Waals surface area contributed by atoms with Crippen LogP contribution in [0.4, 0.5) is 0 Å². The average molecular weight is 363 g/mol. The molecular weight excluding hydrogens is 336 g/mol. The van der Waals surface area contributed by atoms with Crippen LogP contribution in [0.3, 0.4) is 0 Å². The molecule has 1 atom stereocenters. The van der Waals surface area contributed by atoms with Crippen molar-refractivity contribution >= 4 is 22.4 Å². The summed E-state index contributed by atoms with van der Waals surface area (Å²) in [6, 6.07) is 3.52. The number of hydrogen-bond acceptors (Lipinski definition) is 4. The minimum absolute atomic E-state index is 0. The SMILES string of the molecule is COc1cc(C)c(S(=O)(=O)NC2CCCNC2)cc1C(C)C.Cl. The number of sulfonamides is 1. The quantitative estimate of drug-likeness (QED) is 0.844. The molecule has 1 unspecified atom stereocenters. The zero-order chi connectivity index (χ0) is 16.3. The van der Waals surface area contributed by atoms with Crippen molar-refractivity contribution < 1.29 is 13.2 Å². The number of nitrogens with one attached hydrogen (secondary N) is 2. The first-order valence-corrected chi connectivity index (χ1v) is 9.25. The van der Waals surface area contributed by atoms with E-state index in [1.54, 1.807) is 20.1 Å². The van der Waals surface area contributed by atoms with E-state index in [0.717, 1.165) is 30.7 Å². The summed E-state index contributed by atoms with van der Waals surface area (Å²) in [4.78, 5) is 0.350. The lowest BCUT2D eigenvalue weighted by Crippen LogP contribution is -2.45. The second-order valence-corrected chi connectivity index (χ2v) is 7.86. The minimum atomic E-state index is -3.52. The van der Waals surface area contributed by atoms with E-state index in [0.29, 0.717) is 17.0 Å². The van der Waals surface area contributed by atoms with Crippen molar-refractivity contribution in [2.24, 2.45) is 0 Å². The maximum atomic E-state index is 12.7. The summed E-state index contributed by atoms with van der Waals surface area (Å²) >= 11 is 0. The van der Waals surface area contributed by atoms with Gasteiger partial charge in [-0.2, -0.15) is 0 Å². The van der Waals surface area contributed by atoms with Crippen LogP contribution in [0.1, 0.15) is 43.7 Å². The molecule has 0 aromatic heterocycles. The van der Waals surface area contributed by atoms with Crippen molar-refractivity contribution in [1.82, 2.24) is 10.0 Å². The molecule has 7 heteroatoms. The number of aryl methyl sites for hydroxylation is 1. The molecule has 0 saturated carbocycles. The number of halogens is 1. The lowest BCUT2D eigenvalue weighted by atomic mass is 10.0. The smallest absolute Gasteiger partial charge is 0.241 e. The van der Waals surface area contributed by atoms with E-state index in [2.05, 4.69) is 10.0 Å².